The van der Waals surface area contributed by atoms with Gasteiger partial charge in [0.1, 0.15) is 5.75 Å². The first kappa shape index (κ1) is 18.6. The van der Waals surface area contributed by atoms with Crippen LogP contribution in [0, 0.1) is 0 Å². The van der Waals surface area contributed by atoms with Crippen LogP contribution in [-0.4, -0.2) is 34.7 Å². The third kappa shape index (κ3) is 5.17. The largest absolute Gasteiger partial charge is 0.494 e. The summed E-state index contributed by atoms with van der Waals surface area (Å²) in [4.78, 5) is 14.1. The zero-order valence-corrected chi connectivity index (χ0v) is 15.6. The Morgan fingerprint density at radius 2 is 1.81 bits per heavy atom. The number of hydrogen-bond acceptors (Lipinski definition) is 5. The minimum atomic E-state index is 0.0309. The Balaban J connectivity index is 1.50. The summed E-state index contributed by atoms with van der Waals surface area (Å²) in [6, 6.07) is 17.4. The van der Waals surface area contributed by atoms with Crippen LogP contribution in [-0.2, 0) is 17.8 Å². The number of rotatable bonds is 8. The third-order valence-electron chi connectivity index (χ3n) is 4.12. The van der Waals surface area contributed by atoms with Crippen LogP contribution in [0.3, 0.4) is 0 Å². The van der Waals surface area contributed by atoms with Gasteiger partial charge in [-0.3, -0.25) is 4.79 Å². The fourth-order valence-electron chi connectivity index (χ4n) is 2.68. The Bertz CT molecular complexity index is 860. The molecule has 27 heavy (non-hydrogen) atoms. The lowest BCUT2D eigenvalue weighted by atomic mass is 10.2. The lowest BCUT2D eigenvalue weighted by Gasteiger charge is -2.17. The summed E-state index contributed by atoms with van der Waals surface area (Å²) < 4.78 is 11.1. The van der Waals surface area contributed by atoms with Crippen molar-refractivity contribution in [2.24, 2.45) is 0 Å². The van der Waals surface area contributed by atoms with Crippen LogP contribution < -0.4 is 4.74 Å². The van der Waals surface area contributed by atoms with Crippen LogP contribution in [0.1, 0.15) is 24.8 Å². The highest BCUT2D eigenvalue weighted by molar-refractivity contribution is 5.76. The molecule has 0 saturated carbocycles. The van der Waals surface area contributed by atoms with E-state index in [2.05, 4.69) is 10.2 Å². The number of carbonyl (C=O) groups excluding carboxylic acids is 1. The van der Waals surface area contributed by atoms with Gasteiger partial charge >= 0.3 is 0 Å². The predicted molar refractivity (Wildman–Crippen MR) is 102 cm³/mol. The van der Waals surface area contributed by atoms with Gasteiger partial charge in [0.05, 0.1) is 6.61 Å². The SMILES string of the molecule is CCOc1ccc(CN(C)C(=O)CCc2nnc(-c3ccccc3)o2)cc1. The van der Waals surface area contributed by atoms with Gasteiger partial charge in [0.15, 0.2) is 0 Å². The molecule has 0 atom stereocenters. The second-order valence-corrected chi connectivity index (χ2v) is 6.19. The molecule has 3 aromatic rings. The number of nitrogens with zero attached hydrogens (tertiary/aromatic N) is 3. The molecule has 1 aromatic heterocycles. The van der Waals surface area contributed by atoms with Gasteiger partial charge in [-0.1, -0.05) is 30.3 Å². The molecule has 1 heterocycles. The molecule has 1 amide bonds. The molecule has 2 aromatic carbocycles. The quantitative estimate of drug-likeness (QED) is 0.608. The van der Waals surface area contributed by atoms with E-state index < -0.39 is 0 Å². The van der Waals surface area contributed by atoms with Crippen molar-refractivity contribution < 1.29 is 13.9 Å². The van der Waals surface area contributed by atoms with Crippen molar-refractivity contribution >= 4 is 5.91 Å². The Labute approximate surface area is 158 Å². The molecule has 0 N–H and O–H groups in total. The number of amides is 1. The summed E-state index contributed by atoms with van der Waals surface area (Å²) in [5.41, 5.74) is 1.92. The van der Waals surface area contributed by atoms with Crippen molar-refractivity contribution in [2.45, 2.75) is 26.3 Å². The van der Waals surface area contributed by atoms with Gasteiger partial charge in [-0.15, -0.1) is 10.2 Å². The molecule has 6 nitrogen and oxygen atoms in total. The Hall–Kier alpha value is -3.15. The van der Waals surface area contributed by atoms with Crippen molar-refractivity contribution in [1.29, 1.82) is 0 Å². The van der Waals surface area contributed by atoms with E-state index in [1.807, 2.05) is 61.5 Å². The number of carbonyl (C=O) groups is 1. The molecule has 0 fully saturated rings. The van der Waals surface area contributed by atoms with E-state index in [1.165, 1.54) is 0 Å². The van der Waals surface area contributed by atoms with Crippen LogP contribution in [0.5, 0.6) is 5.75 Å². The smallest absolute Gasteiger partial charge is 0.247 e. The van der Waals surface area contributed by atoms with Gasteiger partial charge in [0.2, 0.25) is 17.7 Å². The molecule has 6 heteroatoms. The lowest BCUT2D eigenvalue weighted by Crippen LogP contribution is -2.26. The summed E-state index contributed by atoms with van der Waals surface area (Å²) >= 11 is 0. The molecule has 0 unspecified atom stereocenters. The Morgan fingerprint density at radius 3 is 2.52 bits per heavy atom. The van der Waals surface area contributed by atoms with E-state index in [0.717, 1.165) is 16.9 Å². The minimum absolute atomic E-state index is 0.0309. The van der Waals surface area contributed by atoms with Crippen LogP contribution in [0.15, 0.2) is 59.0 Å². The fourth-order valence-corrected chi connectivity index (χ4v) is 2.68. The summed E-state index contributed by atoms with van der Waals surface area (Å²) in [6.45, 7) is 3.14. The average Bonchev–Trinajstić information content (AvgIpc) is 3.17. The first-order valence-electron chi connectivity index (χ1n) is 8.99. The monoisotopic (exact) mass is 365 g/mol. The summed E-state index contributed by atoms with van der Waals surface area (Å²) in [7, 11) is 1.79. The van der Waals surface area contributed by atoms with E-state index in [9.17, 15) is 4.79 Å². The number of hydrogen-bond donors (Lipinski definition) is 0. The van der Waals surface area contributed by atoms with Crippen LogP contribution in [0.4, 0.5) is 0 Å². The Morgan fingerprint density at radius 1 is 1.07 bits per heavy atom. The molecule has 0 spiro atoms. The summed E-state index contributed by atoms with van der Waals surface area (Å²) in [6.07, 6.45) is 0.746. The van der Waals surface area contributed by atoms with Gasteiger partial charge in [-0.25, -0.2) is 0 Å². The number of ether oxygens (including phenoxy) is 1. The number of benzene rings is 2. The zero-order chi connectivity index (χ0) is 19.1. The van der Waals surface area contributed by atoms with E-state index in [-0.39, 0.29) is 5.91 Å². The summed E-state index contributed by atoms with van der Waals surface area (Å²) in [5.74, 6) is 1.81. The molecule has 0 saturated heterocycles. The lowest BCUT2D eigenvalue weighted by molar-refractivity contribution is -0.130. The second kappa shape index (κ2) is 8.98. The van der Waals surface area contributed by atoms with Crippen LogP contribution in [0.25, 0.3) is 11.5 Å². The highest BCUT2D eigenvalue weighted by Gasteiger charge is 2.13. The van der Waals surface area contributed by atoms with Crippen molar-refractivity contribution in [3.05, 3.63) is 66.1 Å². The maximum atomic E-state index is 12.4. The van der Waals surface area contributed by atoms with E-state index >= 15 is 0 Å². The zero-order valence-electron chi connectivity index (χ0n) is 15.6. The van der Waals surface area contributed by atoms with Crippen molar-refractivity contribution in [3.8, 4) is 17.2 Å². The van der Waals surface area contributed by atoms with Gasteiger partial charge < -0.3 is 14.1 Å². The topological polar surface area (TPSA) is 68.5 Å². The first-order chi connectivity index (χ1) is 13.2. The normalized spacial score (nSPS) is 10.6. The number of aromatic nitrogens is 2. The van der Waals surface area contributed by atoms with Crippen molar-refractivity contribution in [2.75, 3.05) is 13.7 Å². The first-order valence-corrected chi connectivity index (χ1v) is 8.99. The standard InChI is InChI=1S/C21H23N3O3/c1-3-26-18-11-9-16(10-12-18)15-24(2)20(25)14-13-19-22-23-21(27-19)17-7-5-4-6-8-17/h4-12H,3,13-15H2,1-2H3. The number of aryl methyl sites for hydroxylation is 1. The van der Waals surface area contributed by atoms with Crippen molar-refractivity contribution in [3.63, 3.8) is 0 Å². The van der Waals surface area contributed by atoms with Gasteiger partial charge in [-0.05, 0) is 36.8 Å². The molecular formula is C21H23N3O3. The molecule has 0 aliphatic heterocycles. The van der Waals surface area contributed by atoms with E-state index in [0.29, 0.717) is 37.8 Å². The van der Waals surface area contributed by atoms with E-state index in [4.69, 9.17) is 9.15 Å². The second-order valence-electron chi connectivity index (χ2n) is 6.19. The van der Waals surface area contributed by atoms with Crippen LogP contribution >= 0.6 is 0 Å². The highest BCUT2D eigenvalue weighted by atomic mass is 16.5. The van der Waals surface area contributed by atoms with Gasteiger partial charge in [0, 0.05) is 32.0 Å². The molecule has 0 aliphatic rings. The molecule has 3 rings (SSSR count). The molecule has 0 aliphatic carbocycles. The third-order valence-corrected chi connectivity index (χ3v) is 4.12. The maximum absolute atomic E-state index is 12.4. The molecule has 140 valence electrons. The van der Waals surface area contributed by atoms with Gasteiger partial charge in [-0.2, -0.15) is 0 Å². The minimum Gasteiger partial charge on any atom is -0.494 e. The molecule has 0 radical (unpaired) electrons. The van der Waals surface area contributed by atoms with Crippen molar-refractivity contribution in [1.82, 2.24) is 15.1 Å². The van der Waals surface area contributed by atoms with Crippen LogP contribution in [0.2, 0.25) is 0 Å². The molecular weight excluding hydrogens is 342 g/mol. The highest BCUT2D eigenvalue weighted by Crippen LogP contribution is 2.18. The summed E-state index contributed by atoms with van der Waals surface area (Å²) in [5, 5.41) is 8.08. The predicted octanol–water partition coefficient (Wildman–Crippen LogP) is 3.73. The maximum Gasteiger partial charge on any atom is 0.247 e. The molecule has 0 bridgehead atoms. The van der Waals surface area contributed by atoms with Gasteiger partial charge in [0.25, 0.3) is 0 Å². The Kier molecular flexibility index (Phi) is 6.20. The average molecular weight is 365 g/mol. The fraction of sp³-hybridized carbons (Fsp3) is 0.286. The van der Waals surface area contributed by atoms with E-state index in [1.54, 1.807) is 11.9 Å².